The molecular weight excluding hydrogens is 270 g/mol. The van der Waals surface area contributed by atoms with Crippen LogP contribution in [-0.2, 0) is 5.41 Å². The van der Waals surface area contributed by atoms with Crippen LogP contribution < -0.4 is 5.73 Å². The van der Waals surface area contributed by atoms with Gasteiger partial charge in [-0.05, 0) is 41.8 Å². The predicted octanol–water partition coefficient (Wildman–Crippen LogP) is 3.98. The molecule has 1 nitrogen and oxygen atoms in total. The zero-order valence-corrected chi connectivity index (χ0v) is 11.6. The van der Waals surface area contributed by atoms with Crippen molar-refractivity contribution in [1.82, 2.24) is 0 Å². The van der Waals surface area contributed by atoms with E-state index in [2.05, 4.69) is 28.9 Å². The molecule has 15 heavy (non-hydrogen) atoms. The first-order chi connectivity index (χ1) is 7.18. The quantitative estimate of drug-likeness (QED) is 0.875. The standard InChI is InChI=1S/C12H18BrNS/c1-9-7-10(13)11(15-9)12(8-14)5-3-2-4-6-12/h7H,2-6,8,14H2,1H3. The van der Waals surface area contributed by atoms with Crippen molar-refractivity contribution in [1.29, 1.82) is 0 Å². The van der Waals surface area contributed by atoms with Crippen molar-refractivity contribution in [2.45, 2.75) is 44.4 Å². The Labute approximate surface area is 104 Å². The number of rotatable bonds is 2. The molecule has 1 saturated carbocycles. The van der Waals surface area contributed by atoms with Crippen molar-refractivity contribution in [3.8, 4) is 0 Å². The summed E-state index contributed by atoms with van der Waals surface area (Å²) in [4.78, 5) is 2.87. The van der Waals surface area contributed by atoms with Crippen molar-refractivity contribution >= 4 is 27.3 Å². The fraction of sp³-hybridized carbons (Fsp3) is 0.667. The Bertz CT molecular complexity index is 339. The molecule has 1 aromatic rings. The van der Waals surface area contributed by atoms with E-state index in [0.29, 0.717) is 0 Å². The third kappa shape index (κ3) is 2.15. The van der Waals surface area contributed by atoms with E-state index in [9.17, 15) is 0 Å². The number of hydrogen-bond acceptors (Lipinski definition) is 2. The zero-order valence-electron chi connectivity index (χ0n) is 9.18. The van der Waals surface area contributed by atoms with Gasteiger partial charge < -0.3 is 5.73 Å². The molecule has 2 N–H and O–H groups in total. The third-order valence-corrected chi connectivity index (χ3v) is 5.68. The molecule has 0 radical (unpaired) electrons. The van der Waals surface area contributed by atoms with Crippen LogP contribution in [0.1, 0.15) is 41.9 Å². The molecule has 1 aliphatic rings. The van der Waals surface area contributed by atoms with Gasteiger partial charge in [-0.2, -0.15) is 0 Å². The van der Waals surface area contributed by atoms with Crippen LogP contribution in [0.25, 0.3) is 0 Å². The molecule has 0 amide bonds. The van der Waals surface area contributed by atoms with Gasteiger partial charge in [0.05, 0.1) is 0 Å². The summed E-state index contributed by atoms with van der Waals surface area (Å²) in [6, 6.07) is 2.23. The van der Waals surface area contributed by atoms with Gasteiger partial charge in [0.1, 0.15) is 0 Å². The average Bonchev–Trinajstić information content (AvgIpc) is 2.59. The van der Waals surface area contributed by atoms with E-state index >= 15 is 0 Å². The highest BCUT2D eigenvalue weighted by molar-refractivity contribution is 9.10. The van der Waals surface area contributed by atoms with Crippen LogP contribution in [0.2, 0.25) is 0 Å². The van der Waals surface area contributed by atoms with Crippen LogP contribution >= 0.6 is 27.3 Å². The smallest absolute Gasteiger partial charge is 0.0323 e. The topological polar surface area (TPSA) is 26.0 Å². The van der Waals surface area contributed by atoms with Crippen molar-refractivity contribution in [2.24, 2.45) is 5.73 Å². The van der Waals surface area contributed by atoms with E-state index in [-0.39, 0.29) is 5.41 Å². The Morgan fingerprint density at radius 1 is 1.40 bits per heavy atom. The first-order valence-electron chi connectivity index (χ1n) is 5.64. The minimum atomic E-state index is 0.274. The van der Waals surface area contributed by atoms with Crippen molar-refractivity contribution in [3.05, 3.63) is 20.3 Å². The minimum Gasteiger partial charge on any atom is -0.330 e. The van der Waals surface area contributed by atoms with Crippen LogP contribution in [-0.4, -0.2) is 6.54 Å². The molecule has 0 aromatic carbocycles. The van der Waals surface area contributed by atoms with Crippen molar-refractivity contribution < 1.29 is 0 Å². The maximum atomic E-state index is 6.03. The molecule has 84 valence electrons. The fourth-order valence-electron chi connectivity index (χ4n) is 2.60. The molecule has 0 spiro atoms. The molecule has 1 aromatic heterocycles. The maximum Gasteiger partial charge on any atom is 0.0323 e. The predicted molar refractivity (Wildman–Crippen MR) is 70.6 cm³/mol. The lowest BCUT2D eigenvalue weighted by molar-refractivity contribution is 0.305. The van der Waals surface area contributed by atoms with Gasteiger partial charge in [0.2, 0.25) is 0 Å². The lowest BCUT2D eigenvalue weighted by Gasteiger charge is -2.35. The number of aryl methyl sites for hydroxylation is 1. The molecule has 0 atom stereocenters. The van der Waals surface area contributed by atoms with Crippen LogP contribution in [0.15, 0.2) is 10.5 Å². The maximum absolute atomic E-state index is 6.03. The van der Waals surface area contributed by atoms with Crippen LogP contribution in [0.3, 0.4) is 0 Å². The second-order valence-electron chi connectivity index (χ2n) is 4.58. The molecule has 1 fully saturated rings. The largest absolute Gasteiger partial charge is 0.330 e. The molecule has 1 aliphatic carbocycles. The first kappa shape index (κ1) is 11.6. The minimum absolute atomic E-state index is 0.274. The zero-order chi connectivity index (χ0) is 10.9. The molecule has 0 saturated heterocycles. The Kier molecular flexibility index (Phi) is 3.53. The summed E-state index contributed by atoms with van der Waals surface area (Å²) in [7, 11) is 0. The second-order valence-corrected chi connectivity index (χ2v) is 6.69. The fourth-order valence-corrected chi connectivity index (χ4v) is 4.91. The van der Waals surface area contributed by atoms with Gasteiger partial charge in [0.15, 0.2) is 0 Å². The summed E-state index contributed by atoms with van der Waals surface area (Å²) in [5, 5.41) is 0. The highest BCUT2D eigenvalue weighted by Crippen LogP contribution is 2.45. The van der Waals surface area contributed by atoms with Crippen LogP contribution in [0.5, 0.6) is 0 Å². The van der Waals surface area contributed by atoms with E-state index in [1.54, 1.807) is 0 Å². The summed E-state index contributed by atoms with van der Waals surface area (Å²) in [5.41, 5.74) is 6.31. The van der Waals surface area contributed by atoms with E-state index in [0.717, 1.165) is 6.54 Å². The molecule has 1 heterocycles. The molecular formula is C12H18BrNS. The SMILES string of the molecule is Cc1cc(Br)c(C2(CN)CCCCC2)s1. The summed E-state index contributed by atoms with van der Waals surface area (Å²) in [5.74, 6) is 0. The highest BCUT2D eigenvalue weighted by atomic mass is 79.9. The van der Waals surface area contributed by atoms with Gasteiger partial charge in [-0.1, -0.05) is 19.3 Å². The number of hydrogen-bond donors (Lipinski definition) is 1. The van der Waals surface area contributed by atoms with E-state index in [4.69, 9.17) is 5.73 Å². The van der Waals surface area contributed by atoms with E-state index < -0.39 is 0 Å². The van der Waals surface area contributed by atoms with Gasteiger partial charge >= 0.3 is 0 Å². The van der Waals surface area contributed by atoms with Gasteiger partial charge in [0, 0.05) is 26.2 Å². The Morgan fingerprint density at radius 3 is 2.53 bits per heavy atom. The van der Waals surface area contributed by atoms with Gasteiger partial charge in [-0.3, -0.25) is 0 Å². The van der Waals surface area contributed by atoms with E-state index in [1.165, 1.54) is 46.3 Å². The number of halogens is 1. The summed E-state index contributed by atoms with van der Waals surface area (Å²) in [6.45, 7) is 2.97. The number of thiophene rings is 1. The highest BCUT2D eigenvalue weighted by Gasteiger charge is 2.35. The van der Waals surface area contributed by atoms with Crippen molar-refractivity contribution in [2.75, 3.05) is 6.54 Å². The molecule has 2 rings (SSSR count). The lowest BCUT2D eigenvalue weighted by atomic mass is 9.73. The van der Waals surface area contributed by atoms with Gasteiger partial charge in [-0.25, -0.2) is 0 Å². The first-order valence-corrected chi connectivity index (χ1v) is 7.25. The van der Waals surface area contributed by atoms with Crippen molar-refractivity contribution in [3.63, 3.8) is 0 Å². The number of nitrogens with two attached hydrogens (primary N) is 1. The monoisotopic (exact) mass is 287 g/mol. The van der Waals surface area contributed by atoms with E-state index in [1.807, 2.05) is 11.3 Å². The molecule has 0 aliphatic heterocycles. The normalized spacial score (nSPS) is 20.5. The van der Waals surface area contributed by atoms with Gasteiger partial charge in [0.25, 0.3) is 0 Å². The van der Waals surface area contributed by atoms with Crippen LogP contribution in [0, 0.1) is 6.92 Å². The Balaban J connectivity index is 2.36. The summed E-state index contributed by atoms with van der Waals surface area (Å²) >= 11 is 5.60. The Morgan fingerprint density at radius 2 is 2.07 bits per heavy atom. The van der Waals surface area contributed by atoms with Crippen LogP contribution in [0.4, 0.5) is 0 Å². The summed E-state index contributed by atoms with van der Waals surface area (Å²) in [6.07, 6.45) is 6.58. The Hall–Kier alpha value is 0.140. The molecule has 0 unspecified atom stereocenters. The third-order valence-electron chi connectivity index (χ3n) is 3.49. The van der Waals surface area contributed by atoms with Gasteiger partial charge in [-0.15, -0.1) is 11.3 Å². The molecule has 3 heteroatoms. The average molecular weight is 288 g/mol. The second kappa shape index (κ2) is 4.56. The lowest BCUT2D eigenvalue weighted by Crippen LogP contribution is -2.36. The summed E-state index contributed by atoms with van der Waals surface area (Å²) < 4.78 is 1.28. The molecule has 0 bridgehead atoms.